The Hall–Kier alpha value is -1.84. The zero-order valence-electron chi connectivity index (χ0n) is 11.0. The maximum absolute atomic E-state index is 11.9. The summed E-state index contributed by atoms with van der Waals surface area (Å²) < 4.78 is 10.3. The predicted molar refractivity (Wildman–Crippen MR) is 66.3 cm³/mol. The molecule has 1 aromatic rings. The molecular weight excluding hydrogens is 232 g/mol. The lowest BCUT2D eigenvalue weighted by Crippen LogP contribution is -2.13. The van der Waals surface area contributed by atoms with E-state index in [2.05, 4.69) is 0 Å². The van der Waals surface area contributed by atoms with Crippen molar-refractivity contribution in [3.63, 3.8) is 0 Å². The second kappa shape index (κ2) is 4.12. The Bertz CT molecular complexity index is 529. The fraction of sp³-hybridized carbons (Fsp3) is 0.429. The van der Waals surface area contributed by atoms with Gasteiger partial charge in [0.2, 0.25) is 0 Å². The lowest BCUT2D eigenvalue weighted by atomic mass is 9.86. The second-order valence-corrected chi connectivity index (χ2v) is 5.13. The van der Waals surface area contributed by atoms with E-state index in [-0.39, 0.29) is 11.2 Å². The van der Waals surface area contributed by atoms with E-state index in [9.17, 15) is 9.59 Å². The molecular formula is C14H16O4. The summed E-state index contributed by atoms with van der Waals surface area (Å²) in [6, 6.07) is 3.39. The molecule has 0 saturated carbocycles. The molecule has 0 aliphatic heterocycles. The van der Waals surface area contributed by atoms with E-state index >= 15 is 0 Å². The first-order valence-corrected chi connectivity index (χ1v) is 5.79. The quantitative estimate of drug-likeness (QED) is 0.596. The van der Waals surface area contributed by atoms with Crippen LogP contribution in [0.3, 0.4) is 0 Å². The largest absolute Gasteiger partial charge is 0.493 e. The SMILES string of the molecule is COc1cc2c(cc1OC(C)=O)C(=O)CC2(C)C. The lowest BCUT2D eigenvalue weighted by Gasteiger charge is -2.19. The summed E-state index contributed by atoms with van der Waals surface area (Å²) in [6.45, 7) is 5.35. The molecule has 1 aromatic carbocycles. The summed E-state index contributed by atoms with van der Waals surface area (Å²) in [5.74, 6) is 0.422. The summed E-state index contributed by atoms with van der Waals surface area (Å²) in [6.07, 6.45) is 0.467. The topological polar surface area (TPSA) is 52.6 Å². The third kappa shape index (κ3) is 1.98. The van der Waals surface area contributed by atoms with Crippen molar-refractivity contribution in [2.75, 3.05) is 7.11 Å². The first-order valence-electron chi connectivity index (χ1n) is 5.79. The number of ketones is 1. The molecule has 0 unspecified atom stereocenters. The summed E-state index contributed by atoms with van der Waals surface area (Å²) in [7, 11) is 1.51. The Kier molecular flexibility index (Phi) is 2.89. The van der Waals surface area contributed by atoms with Crippen LogP contribution in [-0.4, -0.2) is 18.9 Å². The molecule has 96 valence electrons. The van der Waals surface area contributed by atoms with Gasteiger partial charge in [-0.1, -0.05) is 13.8 Å². The number of ether oxygens (including phenoxy) is 2. The van der Waals surface area contributed by atoms with Gasteiger partial charge in [0.15, 0.2) is 17.3 Å². The van der Waals surface area contributed by atoms with Crippen LogP contribution in [0.15, 0.2) is 12.1 Å². The molecule has 4 nitrogen and oxygen atoms in total. The molecule has 4 heteroatoms. The van der Waals surface area contributed by atoms with Gasteiger partial charge < -0.3 is 9.47 Å². The first-order chi connectivity index (χ1) is 8.35. The number of esters is 1. The highest BCUT2D eigenvalue weighted by atomic mass is 16.6. The molecule has 0 radical (unpaired) electrons. The van der Waals surface area contributed by atoms with E-state index in [0.29, 0.717) is 23.5 Å². The van der Waals surface area contributed by atoms with E-state index in [1.165, 1.54) is 14.0 Å². The zero-order valence-corrected chi connectivity index (χ0v) is 11.0. The third-order valence-electron chi connectivity index (χ3n) is 3.19. The van der Waals surface area contributed by atoms with E-state index in [1.54, 1.807) is 12.1 Å². The average molecular weight is 248 g/mol. The van der Waals surface area contributed by atoms with Crippen molar-refractivity contribution in [3.05, 3.63) is 23.3 Å². The van der Waals surface area contributed by atoms with Crippen LogP contribution in [0.25, 0.3) is 0 Å². The van der Waals surface area contributed by atoms with Gasteiger partial charge in [-0.25, -0.2) is 0 Å². The highest BCUT2D eigenvalue weighted by Gasteiger charge is 2.37. The second-order valence-electron chi connectivity index (χ2n) is 5.13. The monoisotopic (exact) mass is 248 g/mol. The maximum atomic E-state index is 11.9. The van der Waals surface area contributed by atoms with Gasteiger partial charge in [-0.05, 0) is 23.1 Å². The third-order valence-corrected chi connectivity index (χ3v) is 3.19. The van der Waals surface area contributed by atoms with Crippen LogP contribution >= 0.6 is 0 Å². The van der Waals surface area contributed by atoms with Gasteiger partial charge in [0, 0.05) is 18.9 Å². The summed E-state index contributed by atoms with van der Waals surface area (Å²) >= 11 is 0. The summed E-state index contributed by atoms with van der Waals surface area (Å²) in [4.78, 5) is 23.0. The molecule has 0 N–H and O–H groups in total. The van der Waals surface area contributed by atoms with Crippen LogP contribution in [-0.2, 0) is 10.2 Å². The predicted octanol–water partition coefficient (Wildman–Crippen LogP) is 2.48. The fourth-order valence-electron chi connectivity index (χ4n) is 2.34. The van der Waals surface area contributed by atoms with Crippen molar-refractivity contribution in [1.82, 2.24) is 0 Å². The molecule has 0 atom stereocenters. The molecule has 0 bridgehead atoms. The van der Waals surface area contributed by atoms with Gasteiger partial charge in [0.25, 0.3) is 0 Å². The number of rotatable bonds is 2. The van der Waals surface area contributed by atoms with Gasteiger partial charge in [-0.15, -0.1) is 0 Å². The Balaban J connectivity index is 2.58. The molecule has 1 aliphatic carbocycles. The minimum atomic E-state index is -0.432. The fourth-order valence-corrected chi connectivity index (χ4v) is 2.34. The van der Waals surface area contributed by atoms with Crippen LogP contribution in [0, 0.1) is 0 Å². The molecule has 0 spiro atoms. The number of methoxy groups -OCH3 is 1. The number of carbonyl (C=O) groups is 2. The molecule has 2 rings (SSSR count). The minimum Gasteiger partial charge on any atom is -0.493 e. The first kappa shape index (κ1) is 12.6. The summed E-state index contributed by atoms with van der Waals surface area (Å²) in [5, 5.41) is 0. The smallest absolute Gasteiger partial charge is 0.308 e. The van der Waals surface area contributed by atoms with Crippen molar-refractivity contribution in [2.45, 2.75) is 32.6 Å². The Labute approximate surface area is 106 Å². The van der Waals surface area contributed by atoms with Crippen molar-refractivity contribution >= 4 is 11.8 Å². The number of carbonyl (C=O) groups excluding carboxylic acids is 2. The van der Waals surface area contributed by atoms with Gasteiger partial charge >= 0.3 is 5.97 Å². The number of benzene rings is 1. The van der Waals surface area contributed by atoms with Crippen LogP contribution in [0.2, 0.25) is 0 Å². The number of fused-ring (bicyclic) bond motifs is 1. The lowest BCUT2D eigenvalue weighted by molar-refractivity contribution is -0.132. The standard InChI is InChI=1S/C14H16O4/c1-8(15)18-13-5-9-10(6-12(13)17-4)14(2,3)7-11(9)16/h5-6H,7H2,1-4H3. The number of hydrogen-bond donors (Lipinski definition) is 0. The Morgan fingerprint density at radius 1 is 1.28 bits per heavy atom. The molecule has 0 saturated heterocycles. The number of Topliss-reactive ketones (excluding diaryl/α,β-unsaturated/α-hetero) is 1. The van der Waals surface area contributed by atoms with Gasteiger partial charge in [0.05, 0.1) is 7.11 Å². The zero-order chi connectivity index (χ0) is 13.5. The van der Waals surface area contributed by atoms with Gasteiger partial charge in [0.1, 0.15) is 0 Å². The van der Waals surface area contributed by atoms with Gasteiger partial charge in [-0.3, -0.25) is 9.59 Å². The highest BCUT2D eigenvalue weighted by molar-refractivity contribution is 6.02. The van der Waals surface area contributed by atoms with E-state index in [4.69, 9.17) is 9.47 Å². The minimum absolute atomic E-state index is 0.0751. The van der Waals surface area contributed by atoms with Crippen molar-refractivity contribution < 1.29 is 19.1 Å². The maximum Gasteiger partial charge on any atom is 0.308 e. The van der Waals surface area contributed by atoms with Crippen LogP contribution in [0.5, 0.6) is 11.5 Å². The highest BCUT2D eigenvalue weighted by Crippen LogP contribution is 2.43. The van der Waals surface area contributed by atoms with Crippen LogP contribution < -0.4 is 9.47 Å². The van der Waals surface area contributed by atoms with E-state index in [0.717, 1.165) is 5.56 Å². The van der Waals surface area contributed by atoms with Crippen molar-refractivity contribution in [3.8, 4) is 11.5 Å². The molecule has 0 amide bonds. The van der Waals surface area contributed by atoms with Crippen molar-refractivity contribution in [1.29, 1.82) is 0 Å². The molecule has 0 fully saturated rings. The van der Waals surface area contributed by atoms with Crippen LogP contribution in [0.4, 0.5) is 0 Å². The Morgan fingerprint density at radius 3 is 2.50 bits per heavy atom. The molecule has 0 aromatic heterocycles. The molecule has 1 aliphatic rings. The number of hydrogen-bond acceptors (Lipinski definition) is 4. The van der Waals surface area contributed by atoms with Gasteiger partial charge in [-0.2, -0.15) is 0 Å². The average Bonchev–Trinajstić information content (AvgIpc) is 2.47. The molecule has 18 heavy (non-hydrogen) atoms. The van der Waals surface area contributed by atoms with Crippen molar-refractivity contribution in [2.24, 2.45) is 0 Å². The summed E-state index contributed by atoms with van der Waals surface area (Å²) in [5.41, 5.74) is 1.37. The normalized spacial score (nSPS) is 16.3. The molecule has 0 heterocycles. The van der Waals surface area contributed by atoms with E-state index < -0.39 is 5.97 Å². The van der Waals surface area contributed by atoms with Crippen LogP contribution in [0.1, 0.15) is 43.1 Å². The van der Waals surface area contributed by atoms with E-state index in [1.807, 2.05) is 13.8 Å². The Morgan fingerprint density at radius 2 is 1.94 bits per heavy atom.